The van der Waals surface area contributed by atoms with Crippen molar-refractivity contribution in [3.8, 4) is 22.9 Å². The van der Waals surface area contributed by atoms with Gasteiger partial charge in [-0.25, -0.2) is 15.0 Å². The number of imidazole rings is 1. The molecule has 3 aromatic heterocycles. The van der Waals surface area contributed by atoms with Gasteiger partial charge in [-0.3, -0.25) is 9.79 Å². The number of fused-ring (bicyclic) bond motifs is 1. The summed E-state index contributed by atoms with van der Waals surface area (Å²) in [6, 6.07) is 5.04. The summed E-state index contributed by atoms with van der Waals surface area (Å²) in [4.78, 5) is 39.0. The lowest BCUT2D eigenvalue weighted by Crippen LogP contribution is -2.30. The Kier molecular flexibility index (Phi) is 6.67. The summed E-state index contributed by atoms with van der Waals surface area (Å²) in [5.74, 6) is 2.05. The van der Waals surface area contributed by atoms with Crippen molar-refractivity contribution in [1.82, 2.24) is 24.9 Å². The molecule has 0 aliphatic carbocycles. The summed E-state index contributed by atoms with van der Waals surface area (Å²) in [5, 5.41) is 0. The molecule has 4 aromatic rings. The lowest BCUT2D eigenvalue weighted by molar-refractivity contribution is 0.356. The van der Waals surface area contributed by atoms with Gasteiger partial charge in [-0.1, -0.05) is 6.92 Å². The fraction of sp³-hybridized carbons (Fsp3) is 0.292. The van der Waals surface area contributed by atoms with Gasteiger partial charge in [0, 0.05) is 44.8 Å². The van der Waals surface area contributed by atoms with Gasteiger partial charge >= 0.3 is 0 Å². The zero-order valence-corrected chi connectivity index (χ0v) is 20.3. The van der Waals surface area contributed by atoms with E-state index in [2.05, 4.69) is 29.9 Å². The van der Waals surface area contributed by atoms with E-state index in [0.717, 1.165) is 0 Å². The summed E-state index contributed by atoms with van der Waals surface area (Å²) >= 11 is 0. The second-order valence-corrected chi connectivity index (χ2v) is 7.84. The van der Waals surface area contributed by atoms with Crippen LogP contribution in [-0.4, -0.2) is 59.4 Å². The minimum absolute atomic E-state index is 0.241. The SMILES string of the molecule is CC[C@@H](c1ncccn1)N(C)c1c(N)c(C=NC)[nH]c(=O)c1-c1nc2cc(OC)c(OC)cc2[nH]1. The molecule has 11 heteroatoms. The Morgan fingerprint density at radius 1 is 1.17 bits per heavy atom. The zero-order chi connectivity index (χ0) is 25.1. The largest absolute Gasteiger partial charge is 0.493 e. The highest BCUT2D eigenvalue weighted by Crippen LogP contribution is 2.39. The second kappa shape index (κ2) is 9.84. The molecule has 0 fully saturated rings. The smallest absolute Gasteiger partial charge is 0.261 e. The molecule has 4 N–H and O–H groups in total. The van der Waals surface area contributed by atoms with E-state index in [1.165, 1.54) is 6.21 Å². The first-order valence-electron chi connectivity index (χ1n) is 11.0. The Bertz CT molecular complexity index is 1390. The number of nitrogens with one attached hydrogen (secondary N) is 2. The molecule has 11 nitrogen and oxygen atoms in total. The van der Waals surface area contributed by atoms with Crippen LogP contribution < -0.4 is 25.7 Å². The van der Waals surface area contributed by atoms with Gasteiger partial charge < -0.3 is 30.1 Å². The molecule has 0 saturated carbocycles. The predicted octanol–water partition coefficient (Wildman–Crippen LogP) is 2.94. The number of nitrogens with zero attached hydrogens (tertiary/aromatic N) is 5. The quantitative estimate of drug-likeness (QED) is 0.329. The molecule has 0 aliphatic rings. The number of aliphatic imine (C=N–C) groups is 1. The highest BCUT2D eigenvalue weighted by Gasteiger charge is 2.28. The zero-order valence-electron chi connectivity index (χ0n) is 20.3. The third-order valence-corrected chi connectivity index (χ3v) is 5.83. The maximum absolute atomic E-state index is 13.4. The maximum atomic E-state index is 13.4. The molecule has 1 atom stereocenters. The first-order valence-corrected chi connectivity index (χ1v) is 11.0. The molecule has 0 bridgehead atoms. The summed E-state index contributed by atoms with van der Waals surface area (Å²) in [7, 11) is 6.59. The number of aromatic nitrogens is 5. The lowest BCUT2D eigenvalue weighted by Gasteiger charge is -2.30. The number of H-pyrrole nitrogens is 2. The molecule has 0 radical (unpaired) electrons. The number of aromatic amines is 2. The van der Waals surface area contributed by atoms with Gasteiger partial charge in [-0.2, -0.15) is 0 Å². The fourth-order valence-electron chi connectivity index (χ4n) is 4.16. The highest BCUT2D eigenvalue weighted by molar-refractivity contribution is 5.96. The van der Waals surface area contributed by atoms with Crippen molar-refractivity contribution in [2.75, 3.05) is 38.9 Å². The number of hydrogen-bond donors (Lipinski definition) is 3. The number of pyridine rings is 1. The Morgan fingerprint density at radius 2 is 1.86 bits per heavy atom. The molecule has 1 aromatic carbocycles. The van der Waals surface area contributed by atoms with Gasteiger partial charge in [0.05, 0.1) is 48.4 Å². The van der Waals surface area contributed by atoms with Gasteiger partial charge in [-0.05, 0) is 12.5 Å². The van der Waals surface area contributed by atoms with E-state index in [1.54, 1.807) is 51.9 Å². The summed E-state index contributed by atoms with van der Waals surface area (Å²) in [6.45, 7) is 2.02. The molecule has 0 unspecified atom stereocenters. The molecule has 0 spiro atoms. The third kappa shape index (κ3) is 4.27. The number of hydrogen-bond acceptors (Lipinski definition) is 9. The molecular formula is C24H28N8O3. The molecule has 182 valence electrons. The Morgan fingerprint density at radius 3 is 2.49 bits per heavy atom. The van der Waals surface area contributed by atoms with E-state index in [1.807, 2.05) is 18.9 Å². The monoisotopic (exact) mass is 476 g/mol. The number of benzene rings is 1. The summed E-state index contributed by atoms with van der Waals surface area (Å²) < 4.78 is 10.8. The average molecular weight is 477 g/mol. The van der Waals surface area contributed by atoms with Crippen LogP contribution in [-0.2, 0) is 0 Å². The van der Waals surface area contributed by atoms with E-state index < -0.39 is 0 Å². The lowest BCUT2D eigenvalue weighted by atomic mass is 10.1. The van der Waals surface area contributed by atoms with Crippen molar-refractivity contribution in [3.05, 3.63) is 52.5 Å². The second-order valence-electron chi connectivity index (χ2n) is 7.84. The molecule has 0 saturated heterocycles. The van der Waals surface area contributed by atoms with Gasteiger partial charge in [0.1, 0.15) is 11.4 Å². The Labute approximate surface area is 202 Å². The number of rotatable bonds is 8. The van der Waals surface area contributed by atoms with Crippen molar-refractivity contribution in [2.24, 2.45) is 4.99 Å². The Hall–Kier alpha value is -4.41. The van der Waals surface area contributed by atoms with Crippen molar-refractivity contribution < 1.29 is 9.47 Å². The van der Waals surface area contributed by atoms with Crippen LogP contribution in [0.3, 0.4) is 0 Å². The van der Waals surface area contributed by atoms with E-state index in [0.29, 0.717) is 63.2 Å². The topological polar surface area (TPSA) is 147 Å². The van der Waals surface area contributed by atoms with Gasteiger partial charge in [0.2, 0.25) is 0 Å². The van der Waals surface area contributed by atoms with Gasteiger partial charge in [0.25, 0.3) is 5.56 Å². The molecule has 0 aliphatic heterocycles. The number of methoxy groups -OCH3 is 2. The average Bonchev–Trinajstić information content (AvgIpc) is 3.28. The highest BCUT2D eigenvalue weighted by atomic mass is 16.5. The maximum Gasteiger partial charge on any atom is 0.261 e. The minimum atomic E-state index is -0.363. The van der Waals surface area contributed by atoms with Crippen molar-refractivity contribution in [2.45, 2.75) is 19.4 Å². The van der Waals surface area contributed by atoms with Crippen molar-refractivity contribution in [1.29, 1.82) is 0 Å². The number of nitrogen functional groups attached to an aromatic ring is 1. The van der Waals surface area contributed by atoms with Crippen LogP contribution in [0.15, 0.2) is 40.4 Å². The number of ether oxygens (including phenoxy) is 2. The van der Waals surface area contributed by atoms with Crippen LogP contribution in [0.5, 0.6) is 11.5 Å². The van der Waals surface area contributed by atoms with Crippen LogP contribution in [0.1, 0.15) is 30.9 Å². The normalized spacial score (nSPS) is 12.3. The number of nitrogens with two attached hydrogens (primary N) is 1. The molecule has 3 heterocycles. The standard InChI is InChI=1S/C24H28N8O3/c1-6-16(22-27-8-7-9-28-22)32(3)21-19(24(33)31-15(12-26-2)20(21)25)23-29-13-10-17(34-4)18(35-5)11-14(13)30-23/h7-12,16H,6,25H2,1-5H3,(H,29,30)(H,31,33)/t16-/m0/s1. The predicted molar refractivity (Wildman–Crippen MR) is 137 cm³/mol. The van der Waals surface area contributed by atoms with E-state index in [9.17, 15) is 4.79 Å². The van der Waals surface area contributed by atoms with Crippen molar-refractivity contribution >= 4 is 28.6 Å². The third-order valence-electron chi connectivity index (χ3n) is 5.83. The molecule has 0 amide bonds. The van der Waals surface area contributed by atoms with Crippen molar-refractivity contribution in [3.63, 3.8) is 0 Å². The molecule has 35 heavy (non-hydrogen) atoms. The Balaban J connectivity index is 1.97. The molecule has 4 rings (SSSR count). The summed E-state index contributed by atoms with van der Waals surface area (Å²) in [5.41, 5.74) is 9.10. The minimum Gasteiger partial charge on any atom is -0.493 e. The van der Waals surface area contributed by atoms with Gasteiger partial charge in [-0.15, -0.1) is 0 Å². The van der Waals surface area contributed by atoms with Crippen LogP contribution in [0.2, 0.25) is 0 Å². The first-order chi connectivity index (χ1) is 16.9. The molecular weight excluding hydrogens is 448 g/mol. The first kappa shape index (κ1) is 23.7. The fourth-order valence-corrected chi connectivity index (χ4v) is 4.16. The van der Waals surface area contributed by atoms with Crippen LogP contribution in [0.25, 0.3) is 22.4 Å². The van der Waals surface area contributed by atoms with E-state index in [-0.39, 0.29) is 11.6 Å². The van der Waals surface area contributed by atoms with Crippen LogP contribution in [0, 0.1) is 0 Å². The van der Waals surface area contributed by atoms with E-state index in [4.69, 9.17) is 15.2 Å². The van der Waals surface area contributed by atoms with Gasteiger partial charge in [0.15, 0.2) is 17.3 Å². The number of anilines is 2. The summed E-state index contributed by atoms with van der Waals surface area (Å²) in [6.07, 6.45) is 5.58. The van der Waals surface area contributed by atoms with Crippen LogP contribution >= 0.6 is 0 Å². The van der Waals surface area contributed by atoms with E-state index >= 15 is 0 Å². The van der Waals surface area contributed by atoms with Crippen LogP contribution in [0.4, 0.5) is 11.4 Å².